The van der Waals surface area contributed by atoms with Crippen molar-refractivity contribution in [1.29, 1.82) is 0 Å². The van der Waals surface area contributed by atoms with E-state index in [4.69, 9.17) is 4.74 Å². The van der Waals surface area contributed by atoms with E-state index < -0.39 is 0 Å². The van der Waals surface area contributed by atoms with Gasteiger partial charge in [0.2, 0.25) is 0 Å². The van der Waals surface area contributed by atoms with Crippen LogP contribution in [-0.4, -0.2) is 6.10 Å². The second kappa shape index (κ2) is 7.33. The van der Waals surface area contributed by atoms with Crippen LogP contribution in [0.3, 0.4) is 0 Å². The van der Waals surface area contributed by atoms with Gasteiger partial charge in [-0.15, -0.1) is 0 Å². The highest BCUT2D eigenvalue weighted by Gasteiger charge is 2.30. The fourth-order valence-electron chi connectivity index (χ4n) is 3.22. The molecule has 3 atom stereocenters. The van der Waals surface area contributed by atoms with Gasteiger partial charge in [-0.25, -0.2) is 0 Å². The van der Waals surface area contributed by atoms with E-state index in [1.54, 1.807) is 0 Å². The van der Waals surface area contributed by atoms with E-state index in [1.165, 1.54) is 17.5 Å². The molecule has 0 heterocycles. The normalized spacial score (nSPS) is 16.4. The molecule has 0 saturated carbocycles. The molecule has 1 aromatic carbocycles. The summed E-state index contributed by atoms with van der Waals surface area (Å²) >= 11 is 0. The number of benzene rings is 1. The zero-order valence-electron chi connectivity index (χ0n) is 15.3. The maximum atomic E-state index is 6.00. The number of hydrogen-bond donors (Lipinski definition) is 0. The van der Waals surface area contributed by atoms with Gasteiger partial charge >= 0.3 is 0 Å². The molecule has 0 aromatic heterocycles. The highest BCUT2D eigenvalue weighted by Crippen LogP contribution is 2.42. The second-order valence-electron chi connectivity index (χ2n) is 7.59. The molecule has 0 aliphatic heterocycles. The molecule has 1 nitrogen and oxygen atoms in total. The van der Waals surface area contributed by atoms with Gasteiger partial charge in [-0.05, 0) is 54.7 Å². The Bertz CT molecular complexity index is 442. The summed E-state index contributed by atoms with van der Waals surface area (Å²) in [6, 6.07) is 6.77. The molecule has 0 amide bonds. The van der Waals surface area contributed by atoms with Crippen molar-refractivity contribution in [3.8, 4) is 5.75 Å². The van der Waals surface area contributed by atoms with Crippen LogP contribution >= 0.6 is 0 Å². The van der Waals surface area contributed by atoms with Crippen LogP contribution in [0, 0.1) is 18.3 Å². The van der Waals surface area contributed by atoms with Crippen LogP contribution in [0.5, 0.6) is 5.75 Å². The molecule has 0 aliphatic carbocycles. The summed E-state index contributed by atoms with van der Waals surface area (Å²) < 4.78 is 6.00. The van der Waals surface area contributed by atoms with Crippen LogP contribution in [0.2, 0.25) is 0 Å². The number of rotatable bonds is 6. The first kappa shape index (κ1) is 18.1. The maximum absolute atomic E-state index is 6.00. The smallest absolute Gasteiger partial charge is 0.122 e. The molecule has 0 bridgehead atoms. The van der Waals surface area contributed by atoms with Crippen molar-refractivity contribution in [2.45, 2.75) is 80.3 Å². The summed E-state index contributed by atoms with van der Waals surface area (Å²) in [5.74, 6) is 2.30. The first-order valence-electron chi connectivity index (χ1n) is 8.47. The summed E-state index contributed by atoms with van der Waals surface area (Å²) in [7, 11) is 0. The van der Waals surface area contributed by atoms with Gasteiger partial charge in [0.1, 0.15) is 5.75 Å². The summed E-state index contributed by atoms with van der Waals surface area (Å²) in [4.78, 5) is 0. The lowest BCUT2D eigenvalue weighted by atomic mass is 9.69. The molecule has 120 valence electrons. The van der Waals surface area contributed by atoms with Gasteiger partial charge < -0.3 is 4.74 Å². The Labute approximate surface area is 132 Å². The minimum Gasteiger partial charge on any atom is -0.490 e. The van der Waals surface area contributed by atoms with Gasteiger partial charge in [-0.3, -0.25) is 0 Å². The van der Waals surface area contributed by atoms with Crippen molar-refractivity contribution >= 4 is 0 Å². The van der Waals surface area contributed by atoms with E-state index in [0.717, 1.165) is 12.2 Å². The highest BCUT2D eigenvalue weighted by molar-refractivity contribution is 5.38. The molecule has 3 unspecified atom stereocenters. The minimum atomic E-state index is 0.279. The minimum absolute atomic E-state index is 0.279. The molecular formula is C20H34O. The Kier molecular flexibility index (Phi) is 6.31. The fraction of sp³-hybridized carbons (Fsp3) is 0.700. The molecule has 21 heavy (non-hydrogen) atoms. The van der Waals surface area contributed by atoms with Crippen molar-refractivity contribution in [2.24, 2.45) is 11.3 Å². The standard InChI is InChI=1S/C20H34O/c1-9-14(3)19(20(6,7)8)17-11-12-18(15(4)13-17)21-16(5)10-2/h11-14,16,19H,9-10H2,1-8H3. The highest BCUT2D eigenvalue weighted by atomic mass is 16.5. The monoisotopic (exact) mass is 290 g/mol. The second-order valence-corrected chi connectivity index (χ2v) is 7.59. The Hall–Kier alpha value is -0.980. The molecule has 1 heteroatoms. The van der Waals surface area contributed by atoms with E-state index >= 15 is 0 Å². The van der Waals surface area contributed by atoms with Gasteiger partial charge in [0.25, 0.3) is 0 Å². The molecule has 1 aromatic rings. The van der Waals surface area contributed by atoms with Gasteiger partial charge in [-0.2, -0.15) is 0 Å². The lowest BCUT2D eigenvalue weighted by Crippen LogP contribution is -2.24. The third-order valence-corrected chi connectivity index (χ3v) is 4.61. The summed E-state index contributed by atoms with van der Waals surface area (Å²) in [6.45, 7) is 18.2. The fourth-order valence-corrected chi connectivity index (χ4v) is 3.22. The van der Waals surface area contributed by atoms with Gasteiger partial charge in [0.05, 0.1) is 6.10 Å². The zero-order chi connectivity index (χ0) is 16.2. The Morgan fingerprint density at radius 3 is 2.10 bits per heavy atom. The van der Waals surface area contributed by atoms with Crippen LogP contribution in [-0.2, 0) is 0 Å². The number of ether oxygens (including phenoxy) is 1. The molecule has 0 radical (unpaired) electrons. The topological polar surface area (TPSA) is 9.23 Å². The number of aryl methyl sites for hydroxylation is 1. The Balaban J connectivity index is 3.10. The van der Waals surface area contributed by atoms with Crippen molar-refractivity contribution in [1.82, 2.24) is 0 Å². The Morgan fingerprint density at radius 2 is 1.67 bits per heavy atom. The van der Waals surface area contributed by atoms with Crippen LogP contribution in [0.4, 0.5) is 0 Å². The summed E-state index contributed by atoms with van der Waals surface area (Å²) in [6.07, 6.45) is 2.53. The van der Waals surface area contributed by atoms with Crippen molar-refractivity contribution in [2.75, 3.05) is 0 Å². The summed E-state index contributed by atoms with van der Waals surface area (Å²) in [5, 5.41) is 0. The zero-order valence-corrected chi connectivity index (χ0v) is 15.3. The van der Waals surface area contributed by atoms with Crippen LogP contribution in [0.25, 0.3) is 0 Å². The average molecular weight is 290 g/mol. The molecule has 0 N–H and O–H groups in total. The first-order valence-corrected chi connectivity index (χ1v) is 8.47. The molecule has 0 aliphatic rings. The quantitative estimate of drug-likeness (QED) is 0.593. The lowest BCUT2D eigenvalue weighted by Gasteiger charge is -2.36. The van der Waals surface area contributed by atoms with Crippen molar-refractivity contribution < 1.29 is 4.74 Å². The molecular weight excluding hydrogens is 256 g/mol. The van der Waals surface area contributed by atoms with Crippen molar-refractivity contribution in [3.63, 3.8) is 0 Å². The molecule has 0 fully saturated rings. The molecule has 1 rings (SSSR count). The third kappa shape index (κ3) is 4.76. The van der Waals surface area contributed by atoms with E-state index in [1.807, 2.05) is 0 Å². The molecule has 0 spiro atoms. The van der Waals surface area contributed by atoms with Gasteiger partial charge in [0, 0.05) is 0 Å². The predicted octanol–water partition coefficient (Wildman–Crippen LogP) is 6.35. The van der Waals surface area contributed by atoms with Crippen LogP contribution in [0.15, 0.2) is 18.2 Å². The van der Waals surface area contributed by atoms with Gasteiger partial charge in [0.15, 0.2) is 0 Å². The van der Waals surface area contributed by atoms with E-state index in [2.05, 4.69) is 73.6 Å². The Morgan fingerprint density at radius 1 is 1.05 bits per heavy atom. The summed E-state index contributed by atoms with van der Waals surface area (Å²) in [5.41, 5.74) is 2.98. The largest absolute Gasteiger partial charge is 0.490 e. The third-order valence-electron chi connectivity index (χ3n) is 4.61. The van der Waals surface area contributed by atoms with E-state index in [-0.39, 0.29) is 11.5 Å². The molecule has 0 saturated heterocycles. The lowest BCUT2D eigenvalue weighted by molar-refractivity contribution is 0.215. The predicted molar refractivity (Wildman–Crippen MR) is 93.2 cm³/mol. The SMILES string of the molecule is CCC(C)Oc1ccc(C(C(C)CC)C(C)(C)C)cc1C. The first-order chi connectivity index (χ1) is 9.70. The maximum Gasteiger partial charge on any atom is 0.122 e. The number of hydrogen-bond acceptors (Lipinski definition) is 1. The van der Waals surface area contributed by atoms with Crippen molar-refractivity contribution in [3.05, 3.63) is 29.3 Å². The van der Waals surface area contributed by atoms with Gasteiger partial charge in [-0.1, -0.05) is 60.1 Å². The van der Waals surface area contributed by atoms with E-state index in [0.29, 0.717) is 11.8 Å². The van der Waals surface area contributed by atoms with Crippen LogP contribution < -0.4 is 4.74 Å². The van der Waals surface area contributed by atoms with Crippen LogP contribution in [0.1, 0.15) is 78.4 Å². The average Bonchev–Trinajstić information content (AvgIpc) is 2.39. The van der Waals surface area contributed by atoms with E-state index in [9.17, 15) is 0 Å².